The molecule has 1 fully saturated rings. The van der Waals surface area contributed by atoms with Crippen LogP contribution in [0.3, 0.4) is 0 Å². The molecule has 1 heterocycles. The van der Waals surface area contributed by atoms with Crippen LogP contribution in [0.2, 0.25) is 0 Å². The van der Waals surface area contributed by atoms with Crippen molar-refractivity contribution in [2.75, 3.05) is 6.26 Å². The number of aromatic nitrogens is 1. The Bertz CT molecular complexity index is 541. The van der Waals surface area contributed by atoms with Crippen LogP contribution in [0.5, 0.6) is 0 Å². The van der Waals surface area contributed by atoms with Crippen molar-refractivity contribution in [1.29, 1.82) is 0 Å². The Morgan fingerprint density at radius 1 is 1.37 bits per heavy atom. The van der Waals surface area contributed by atoms with Crippen LogP contribution in [0.4, 0.5) is 0 Å². The zero-order valence-corrected chi connectivity index (χ0v) is 12.2. The first-order valence-electron chi connectivity index (χ1n) is 6.68. The van der Waals surface area contributed by atoms with Gasteiger partial charge in [0.2, 0.25) is 0 Å². The van der Waals surface area contributed by atoms with Crippen LogP contribution < -0.4 is 0 Å². The normalized spacial score (nSPS) is 26.1. The minimum absolute atomic E-state index is 0.0113. The molecule has 2 rings (SSSR count). The van der Waals surface area contributed by atoms with Crippen molar-refractivity contribution in [1.82, 2.24) is 4.98 Å². The van der Waals surface area contributed by atoms with E-state index in [4.69, 9.17) is 0 Å². The zero-order chi connectivity index (χ0) is 14.0. The Morgan fingerprint density at radius 3 is 2.74 bits per heavy atom. The summed E-state index contributed by atoms with van der Waals surface area (Å²) in [5.41, 5.74) is 1.52. The van der Waals surface area contributed by atoms with Crippen molar-refractivity contribution in [3.05, 3.63) is 29.6 Å². The summed E-state index contributed by atoms with van der Waals surface area (Å²) < 4.78 is 23.3. The van der Waals surface area contributed by atoms with E-state index in [1.165, 1.54) is 6.26 Å². The van der Waals surface area contributed by atoms with Crippen molar-refractivity contribution in [2.24, 2.45) is 5.92 Å². The fourth-order valence-electron chi connectivity index (χ4n) is 2.83. The van der Waals surface area contributed by atoms with E-state index in [0.717, 1.165) is 18.5 Å². The molecule has 0 bridgehead atoms. The van der Waals surface area contributed by atoms with Crippen molar-refractivity contribution < 1.29 is 13.5 Å². The molecule has 4 nitrogen and oxygen atoms in total. The van der Waals surface area contributed by atoms with Gasteiger partial charge in [-0.15, -0.1) is 0 Å². The van der Waals surface area contributed by atoms with Gasteiger partial charge in [0.25, 0.3) is 0 Å². The van der Waals surface area contributed by atoms with Crippen molar-refractivity contribution >= 4 is 9.84 Å². The largest absolute Gasteiger partial charge is 0.387 e. The molecule has 0 aromatic carbocycles. The quantitative estimate of drug-likeness (QED) is 0.921. The van der Waals surface area contributed by atoms with Crippen molar-refractivity contribution in [3.63, 3.8) is 0 Å². The second kappa shape index (κ2) is 5.59. The van der Waals surface area contributed by atoms with E-state index in [9.17, 15) is 13.5 Å². The minimum atomic E-state index is -3.01. The van der Waals surface area contributed by atoms with Gasteiger partial charge >= 0.3 is 0 Å². The Balaban J connectivity index is 2.13. The summed E-state index contributed by atoms with van der Waals surface area (Å²) >= 11 is 0. The van der Waals surface area contributed by atoms with E-state index in [2.05, 4.69) is 4.98 Å². The van der Waals surface area contributed by atoms with Crippen molar-refractivity contribution in [3.8, 4) is 0 Å². The Morgan fingerprint density at radius 2 is 2.11 bits per heavy atom. The molecule has 1 N–H and O–H groups in total. The smallest absolute Gasteiger partial charge is 0.150 e. The molecule has 1 saturated carbocycles. The number of aliphatic hydroxyl groups is 1. The lowest BCUT2D eigenvalue weighted by Gasteiger charge is -2.31. The highest BCUT2D eigenvalue weighted by Crippen LogP contribution is 2.36. The molecule has 106 valence electrons. The van der Waals surface area contributed by atoms with Gasteiger partial charge in [0.1, 0.15) is 9.84 Å². The summed E-state index contributed by atoms with van der Waals surface area (Å²) in [7, 11) is -3.01. The van der Waals surface area contributed by atoms with Gasteiger partial charge in [-0.2, -0.15) is 0 Å². The molecule has 3 unspecified atom stereocenters. The van der Waals surface area contributed by atoms with E-state index in [0.29, 0.717) is 18.5 Å². The molecule has 3 atom stereocenters. The molecular formula is C14H21NO3S. The van der Waals surface area contributed by atoms with Gasteiger partial charge in [0.15, 0.2) is 0 Å². The summed E-state index contributed by atoms with van der Waals surface area (Å²) in [5, 5.41) is 10.1. The first kappa shape index (κ1) is 14.5. The van der Waals surface area contributed by atoms with Crippen LogP contribution in [0, 0.1) is 12.8 Å². The molecule has 1 aromatic rings. The first-order chi connectivity index (χ1) is 8.88. The lowest BCUT2D eigenvalue weighted by Crippen LogP contribution is -2.30. The van der Waals surface area contributed by atoms with E-state index < -0.39 is 15.9 Å². The minimum Gasteiger partial charge on any atom is -0.387 e. The molecule has 1 aliphatic rings. The van der Waals surface area contributed by atoms with Crippen LogP contribution in [0.25, 0.3) is 0 Å². The summed E-state index contributed by atoms with van der Waals surface area (Å²) in [5.74, 6) is -0.0113. The highest BCUT2D eigenvalue weighted by molar-refractivity contribution is 7.91. The van der Waals surface area contributed by atoms with Crippen LogP contribution in [-0.4, -0.2) is 30.0 Å². The molecule has 1 aromatic heterocycles. The Labute approximate surface area is 114 Å². The van der Waals surface area contributed by atoms with Crippen LogP contribution in [0.1, 0.15) is 43.2 Å². The second-order valence-corrected chi connectivity index (χ2v) is 7.85. The standard InChI is InChI=1S/C14H21NO3S/c1-10-5-3-8-13(15-10)14(16)11-6-4-7-12(9-11)19(2,17)18/h3,5,8,11-12,14,16H,4,6-7,9H2,1-2H3. The van der Waals surface area contributed by atoms with Gasteiger partial charge in [-0.05, 0) is 44.2 Å². The van der Waals surface area contributed by atoms with E-state index in [1.807, 2.05) is 25.1 Å². The number of rotatable bonds is 3. The maximum Gasteiger partial charge on any atom is 0.150 e. The van der Waals surface area contributed by atoms with E-state index in [-0.39, 0.29) is 11.2 Å². The second-order valence-electron chi connectivity index (χ2n) is 5.53. The third-order valence-corrected chi connectivity index (χ3v) is 5.57. The van der Waals surface area contributed by atoms with Gasteiger partial charge in [0, 0.05) is 11.9 Å². The molecule has 0 aliphatic heterocycles. The number of aryl methyl sites for hydroxylation is 1. The van der Waals surface area contributed by atoms with Crippen LogP contribution in [-0.2, 0) is 9.84 Å². The number of nitrogens with zero attached hydrogens (tertiary/aromatic N) is 1. The highest BCUT2D eigenvalue weighted by atomic mass is 32.2. The van der Waals surface area contributed by atoms with Gasteiger partial charge in [-0.25, -0.2) is 8.42 Å². The SMILES string of the molecule is Cc1cccc(C(O)C2CCCC(S(C)(=O)=O)C2)n1. The number of hydrogen-bond acceptors (Lipinski definition) is 4. The molecule has 0 saturated heterocycles. The lowest BCUT2D eigenvalue weighted by molar-refractivity contribution is 0.0819. The molecule has 0 radical (unpaired) electrons. The summed E-state index contributed by atoms with van der Waals surface area (Å²) in [6, 6.07) is 5.57. The average molecular weight is 283 g/mol. The van der Waals surface area contributed by atoms with Crippen LogP contribution in [0.15, 0.2) is 18.2 Å². The fraction of sp³-hybridized carbons (Fsp3) is 0.643. The third-order valence-electron chi connectivity index (χ3n) is 3.93. The topological polar surface area (TPSA) is 67.3 Å². The number of hydrogen-bond donors (Lipinski definition) is 1. The predicted octanol–water partition coefficient (Wildman–Crippen LogP) is 2.03. The van der Waals surface area contributed by atoms with Gasteiger partial charge < -0.3 is 5.11 Å². The molecule has 5 heteroatoms. The van der Waals surface area contributed by atoms with E-state index >= 15 is 0 Å². The van der Waals surface area contributed by atoms with Gasteiger partial charge in [0.05, 0.1) is 17.0 Å². The lowest BCUT2D eigenvalue weighted by atomic mass is 9.83. The zero-order valence-electron chi connectivity index (χ0n) is 11.4. The number of pyridine rings is 1. The Hall–Kier alpha value is -0.940. The Kier molecular flexibility index (Phi) is 4.26. The predicted molar refractivity (Wildman–Crippen MR) is 74.5 cm³/mol. The number of aliphatic hydroxyl groups excluding tert-OH is 1. The number of sulfone groups is 1. The van der Waals surface area contributed by atoms with Crippen LogP contribution >= 0.6 is 0 Å². The molecule has 0 amide bonds. The van der Waals surface area contributed by atoms with Gasteiger partial charge in [-0.1, -0.05) is 12.5 Å². The average Bonchev–Trinajstić information content (AvgIpc) is 2.37. The fourth-order valence-corrected chi connectivity index (χ4v) is 4.02. The maximum absolute atomic E-state index is 11.6. The van der Waals surface area contributed by atoms with Gasteiger partial charge in [-0.3, -0.25) is 4.98 Å². The van der Waals surface area contributed by atoms with E-state index in [1.54, 1.807) is 0 Å². The summed E-state index contributed by atoms with van der Waals surface area (Å²) in [6.07, 6.45) is 3.59. The third kappa shape index (κ3) is 3.54. The molecule has 19 heavy (non-hydrogen) atoms. The highest BCUT2D eigenvalue weighted by Gasteiger charge is 2.33. The molecule has 1 aliphatic carbocycles. The maximum atomic E-state index is 11.6. The summed E-state index contributed by atoms with van der Waals surface area (Å²) in [4.78, 5) is 4.34. The monoisotopic (exact) mass is 283 g/mol. The van der Waals surface area contributed by atoms with Crippen molar-refractivity contribution in [2.45, 2.75) is 44.0 Å². The first-order valence-corrected chi connectivity index (χ1v) is 8.64. The molecular weight excluding hydrogens is 262 g/mol. The molecule has 0 spiro atoms. The summed E-state index contributed by atoms with van der Waals surface area (Å²) in [6.45, 7) is 1.89.